The summed E-state index contributed by atoms with van der Waals surface area (Å²) in [4.78, 5) is 23.3. The highest BCUT2D eigenvalue weighted by molar-refractivity contribution is 5.88. The Morgan fingerprint density at radius 1 is 0.417 bits per heavy atom. The zero-order chi connectivity index (χ0) is 25.9. The summed E-state index contributed by atoms with van der Waals surface area (Å²) in [7, 11) is 0. The molecule has 0 bridgehead atoms. The van der Waals surface area contributed by atoms with Gasteiger partial charge in [-0.1, -0.05) is 48.5 Å². The van der Waals surface area contributed by atoms with Crippen molar-refractivity contribution in [1.29, 1.82) is 0 Å². The van der Waals surface area contributed by atoms with Crippen LogP contribution in [0.4, 0.5) is 0 Å². The lowest BCUT2D eigenvalue weighted by Gasteiger charge is -1.94. The van der Waals surface area contributed by atoms with Crippen LogP contribution < -0.4 is 9.97 Å². The van der Waals surface area contributed by atoms with Crippen LogP contribution in [0.2, 0.25) is 0 Å². The van der Waals surface area contributed by atoms with Crippen molar-refractivity contribution in [2.75, 3.05) is 0 Å². The Bertz CT molecular complexity index is 1300. The number of fused-ring (bicyclic) bond motifs is 4. The van der Waals surface area contributed by atoms with Gasteiger partial charge in [0.1, 0.15) is 0 Å². The van der Waals surface area contributed by atoms with Gasteiger partial charge in [-0.2, -0.15) is 0 Å². The van der Waals surface area contributed by atoms with E-state index in [-0.39, 0.29) is 0 Å². The van der Waals surface area contributed by atoms with Gasteiger partial charge in [-0.3, -0.25) is 0 Å². The minimum absolute atomic E-state index is 1.19. The summed E-state index contributed by atoms with van der Waals surface area (Å²) < 4.78 is 0. The van der Waals surface area contributed by atoms with E-state index >= 15 is 0 Å². The fourth-order valence-corrected chi connectivity index (χ4v) is 3.57. The smallest absolute Gasteiger partial charge is 0.211 e. The number of H-pyrrole nitrogens is 2. The number of hydrogen-bond acceptors (Lipinski definition) is 6. The lowest BCUT2D eigenvalue weighted by atomic mass is 10.1. The van der Waals surface area contributed by atoms with Crippen molar-refractivity contribution in [1.82, 2.24) is 0 Å². The molecular weight excluding hydrogens is 464 g/mol. The highest BCUT2D eigenvalue weighted by Crippen LogP contribution is 2.16. The zero-order valence-electron chi connectivity index (χ0n) is 18.7. The lowest BCUT2D eigenvalue weighted by molar-refractivity contribution is -0.403. The minimum atomic E-state index is -1.75. The van der Waals surface area contributed by atoms with Gasteiger partial charge >= 0.3 is 0 Å². The van der Waals surface area contributed by atoms with Gasteiger partial charge in [0.25, 0.3) is 0 Å². The van der Waals surface area contributed by atoms with E-state index in [4.69, 9.17) is 30.6 Å². The summed E-state index contributed by atoms with van der Waals surface area (Å²) in [5, 5.41) is 34.5. The molecule has 0 spiro atoms. The zero-order valence-corrected chi connectivity index (χ0v) is 18.7. The second-order valence-corrected chi connectivity index (χ2v) is 7.33. The molecule has 10 heteroatoms. The lowest BCUT2D eigenvalue weighted by Crippen LogP contribution is -2.04. The van der Waals surface area contributed by atoms with Crippen LogP contribution in [0.25, 0.3) is 43.6 Å². The van der Waals surface area contributed by atoms with Crippen LogP contribution in [0.5, 0.6) is 0 Å². The molecule has 0 atom stereocenters. The van der Waals surface area contributed by atoms with Crippen molar-refractivity contribution in [3.8, 4) is 0 Å². The SMILES string of the molecule is O=[N+]([O-])[O-].O=[N+]([O-])[O-].c1ccc2[nH+]c3ccccc3cc2c1.c1ccc2[nH+]c3ccccc3cc2c1. The molecule has 0 fully saturated rings. The van der Waals surface area contributed by atoms with Gasteiger partial charge in [0.15, 0.2) is 0 Å². The molecule has 180 valence electrons. The topological polar surface area (TPSA) is 161 Å². The summed E-state index contributed by atoms with van der Waals surface area (Å²) in [5.41, 5.74) is 4.75. The molecule has 0 radical (unpaired) electrons. The number of nitrogens with one attached hydrogen (secondary N) is 2. The van der Waals surface area contributed by atoms with Crippen molar-refractivity contribution in [3.05, 3.63) is 140 Å². The first-order chi connectivity index (χ1) is 17.3. The monoisotopic (exact) mass is 484 g/mol. The first-order valence-corrected chi connectivity index (χ1v) is 10.6. The van der Waals surface area contributed by atoms with Crippen LogP contribution in [0, 0.1) is 30.6 Å². The number of nitrogens with zero attached hydrogens (tertiary/aromatic N) is 2. The van der Waals surface area contributed by atoms with Crippen LogP contribution in [0.3, 0.4) is 0 Å². The summed E-state index contributed by atoms with van der Waals surface area (Å²) >= 11 is 0. The Hall–Kier alpha value is -5.38. The summed E-state index contributed by atoms with van der Waals surface area (Å²) in [6, 6.07) is 37.7. The third kappa shape index (κ3) is 7.32. The molecule has 0 aliphatic rings. The number of pyridine rings is 2. The fourth-order valence-electron chi connectivity index (χ4n) is 3.57. The Labute approximate surface area is 203 Å². The Morgan fingerprint density at radius 3 is 0.833 bits per heavy atom. The average molecular weight is 484 g/mol. The molecule has 36 heavy (non-hydrogen) atoms. The predicted octanol–water partition coefficient (Wildman–Crippen LogP) is 5.14. The van der Waals surface area contributed by atoms with E-state index in [1.807, 2.05) is 24.3 Å². The third-order valence-corrected chi connectivity index (χ3v) is 5.00. The molecule has 2 heterocycles. The van der Waals surface area contributed by atoms with Gasteiger partial charge in [0, 0.05) is 45.8 Å². The number of rotatable bonds is 0. The van der Waals surface area contributed by atoms with Crippen LogP contribution in [0.15, 0.2) is 109 Å². The van der Waals surface area contributed by atoms with E-state index in [1.165, 1.54) is 43.6 Å². The molecule has 2 N–H and O–H groups in total. The number of aromatic nitrogens is 2. The molecule has 6 aromatic rings. The van der Waals surface area contributed by atoms with Gasteiger partial charge in [-0.15, -0.1) is 0 Å². The van der Waals surface area contributed by atoms with E-state index in [2.05, 4.69) is 94.9 Å². The summed E-state index contributed by atoms with van der Waals surface area (Å²) in [6.07, 6.45) is 0. The molecule has 0 unspecified atom stereocenters. The van der Waals surface area contributed by atoms with Crippen LogP contribution in [-0.2, 0) is 0 Å². The van der Waals surface area contributed by atoms with E-state index in [9.17, 15) is 0 Å². The van der Waals surface area contributed by atoms with E-state index in [0.29, 0.717) is 0 Å². The van der Waals surface area contributed by atoms with Gasteiger partial charge in [0.2, 0.25) is 22.1 Å². The molecule has 0 saturated heterocycles. The van der Waals surface area contributed by atoms with Crippen LogP contribution >= 0.6 is 0 Å². The van der Waals surface area contributed by atoms with Gasteiger partial charge in [-0.05, 0) is 36.4 Å². The standard InChI is InChI=1S/2C13H9N.2NO3/c2*1-3-7-12-10(5-1)9-11-6-2-4-8-13(11)14-12;2*2-1(3)4/h2*1-9H;;/q;;2*-1/p+2. The van der Waals surface area contributed by atoms with Crippen molar-refractivity contribution in [2.45, 2.75) is 0 Å². The molecule has 6 rings (SSSR count). The maximum Gasteiger partial charge on any atom is 0.211 e. The molecule has 0 aliphatic heterocycles. The average Bonchev–Trinajstić information content (AvgIpc) is 2.86. The number of aromatic amines is 2. The van der Waals surface area contributed by atoms with E-state index in [1.54, 1.807) is 0 Å². The molecule has 4 aromatic carbocycles. The van der Waals surface area contributed by atoms with Crippen LogP contribution in [-0.4, -0.2) is 10.2 Å². The molecular formula is C26H20N4O6. The third-order valence-electron chi connectivity index (χ3n) is 5.00. The number of para-hydroxylation sites is 4. The predicted molar refractivity (Wildman–Crippen MR) is 137 cm³/mol. The first kappa shape index (κ1) is 25.2. The van der Waals surface area contributed by atoms with Crippen molar-refractivity contribution in [3.63, 3.8) is 0 Å². The van der Waals surface area contributed by atoms with Crippen molar-refractivity contribution in [2.24, 2.45) is 0 Å². The molecule has 0 aliphatic carbocycles. The largest absolute Gasteiger partial charge is 0.356 e. The number of hydrogen-bond donors (Lipinski definition) is 0. The van der Waals surface area contributed by atoms with Crippen molar-refractivity contribution < 1.29 is 20.1 Å². The van der Waals surface area contributed by atoms with Crippen LogP contribution in [0.1, 0.15) is 0 Å². The maximum absolute atomic E-state index is 8.25. The summed E-state index contributed by atoms with van der Waals surface area (Å²) in [6.45, 7) is 0. The second kappa shape index (κ2) is 12.2. The van der Waals surface area contributed by atoms with Crippen molar-refractivity contribution >= 4 is 43.6 Å². The molecule has 0 saturated carbocycles. The highest BCUT2D eigenvalue weighted by atomic mass is 16.9. The first-order valence-electron chi connectivity index (χ1n) is 10.6. The fraction of sp³-hybridized carbons (Fsp3) is 0. The molecule has 2 aromatic heterocycles. The normalized spacial score (nSPS) is 9.78. The second-order valence-electron chi connectivity index (χ2n) is 7.33. The van der Waals surface area contributed by atoms with Gasteiger partial charge in [0.05, 0.1) is 10.2 Å². The van der Waals surface area contributed by atoms with E-state index in [0.717, 1.165) is 0 Å². The Morgan fingerprint density at radius 2 is 0.611 bits per heavy atom. The van der Waals surface area contributed by atoms with Gasteiger partial charge in [-0.25, -0.2) is 9.97 Å². The Kier molecular flexibility index (Phi) is 8.55. The Balaban J connectivity index is 0.000000156. The highest BCUT2D eigenvalue weighted by Gasteiger charge is 2.04. The van der Waals surface area contributed by atoms with Gasteiger partial charge < -0.3 is 30.6 Å². The molecule has 0 amide bonds. The molecule has 10 nitrogen and oxygen atoms in total. The number of benzene rings is 4. The quantitative estimate of drug-likeness (QED) is 0.165. The van der Waals surface area contributed by atoms with E-state index < -0.39 is 10.2 Å². The maximum atomic E-state index is 8.25. The summed E-state index contributed by atoms with van der Waals surface area (Å²) in [5.74, 6) is 0. The minimum Gasteiger partial charge on any atom is -0.356 e.